The molecule has 0 unspecified atom stereocenters. The number of carbonyl (C=O) groups is 2. The molecular formula is C16H21NO4. The molecule has 0 atom stereocenters. The fraction of sp³-hybridized carbons (Fsp3) is 0.500. The number of nitrogens with zero attached hydrogens (tertiary/aromatic N) is 1. The minimum atomic E-state index is -0.903. The highest BCUT2D eigenvalue weighted by molar-refractivity contribution is 5.95. The molecule has 1 aliphatic rings. The molecule has 0 saturated carbocycles. The van der Waals surface area contributed by atoms with Gasteiger partial charge in [0.1, 0.15) is 0 Å². The number of carboxylic acids is 1. The normalized spacial score (nSPS) is 13.9. The summed E-state index contributed by atoms with van der Waals surface area (Å²) in [6.45, 7) is 7.04. The van der Waals surface area contributed by atoms with E-state index in [0.717, 1.165) is 11.1 Å². The quantitative estimate of drug-likeness (QED) is 0.925. The van der Waals surface area contributed by atoms with Gasteiger partial charge in [0.05, 0.1) is 19.6 Å². The van der Waals surface area contributed by atoms with Gasteiger partial charge in [-0.3, -0.25) is 9.59 Å². The Hall–Kier alpha value is -1.88. The highest BCUT2D eigenvalue weighted by atomic mass is 16.5. The SMILES string of the molecule is CC(C)(C)N(CCC(=O)O)C(=O)c1ccc2c(c1)COC2. The highest BCUT2D eigenvalue weighted by Gasteiger charge is 2.28. The molecule has 0 radical (unpaired) electrons. The summed E-state index contributed by atoms with van der Waals surface area (Å²) in [5, 5.41) is 8.85. The van der Waals surface area contributed by atoms with Gasteiger partial charge in [0.15, 0.2) is 0 Å². The molecule has 1 aliphatic heterocycles. The molecule has 1 aromatic carbocycles. The standard InChI is InChI=1S/C16H21NO4/c1-16(2,3)17(7-6-14(18)19)15(20)11-4-5-12-9-21-10-13(12)8-11/h4-5,8H,6-7,9-10H2,1-3H3,(H,18,19). The van der Waals surface area contributed by atoms with Crippen LogP contribution < -0.4 is 0 Å². The second-order valence-electron chi connectivity index (χ2n) is 6.25. The summed E-state index contributed by atoms with van der Waals surface area (Å²) < 4.78 is 5.35. The molecule has 1 aromatic rings. The lowest BCUT2D eigenvalue weighted by Crippen LogP contribution is -2.46. The van der Waals surface area contributed by atoms with E-state index in [0.29, 0.717) is 18.8 Å². The van der Waals surface area contributed by atoms with Gasteiger partial charge in [-0.15, -0.1) is 0 Å². The minimum Gasteiger partial charge on any atom is -0.481 e. The third-order valence-electron chi connectivity index (χ3n) is 3.57. The monoisotopic (exact) mass is 291 g/mol. The molecule has 1 N–H and O–H groups in total. The van der Waals surface area contributed by atoms with Crippen molar-refractivity contribution in [2.45, 2.75) is 45.9 Å². The smallest absolute Gasteiger partial charge is 0.305 e. The third kappa shape index (κ3) is 3.61. The third-order valence-corrected chi connectivity index (χ3v) is 3.57. The van der Waals surface area contributed by atoms with Gasteiger partial charge in [0, 0.05) is 17.6 Å². The Morgan fingerprint density at radius 2 is 1.90 bits per heavy atom. The van der Waals surface area contributed by atoms with Crippen molar-refractivity contribution in [2.24, 2.45) is 0 Å². The van der Waals surface area contributed by atoms with Crippen LogP contribution in [-0.4, -0.2) is 34.0 Å². The molecule has 5 heteroatoms. The lowest BCUT2D eigenvalue weighted by atomic mass is 10.0. The minimum absolute atomic E-state index is 0.0585. The first-order chi connectivity index (χ1) is 9.79. The summed E-state index contributed by atoms with van der Waals surface area (Å²) in [6.07, 6.45) is -0.0585. The lowest BCUT2D eigenvalue weighted by Gasteiger charge is -2.35. The summed E-state index contributed by atoms with van der Waals surface area (Å²) >= 11 is 0. The first-order valence-electron chi connectivity index (χ1n) is 7.02. The van der Waals surface area contributed by atoms with Crippen LogP contribution in [0.4, 0.5) is 0 Å². The van der Waals surface area contributed by atoms with Gasteiger partial charge in [0.2, 0.25) is 0 Å². The Bertz CT molecular complexity index is 560. The molecule has 21 heavy (non-hydrogen) atoms. The van der Waals surface area contributed by atoms with Gasteiger partial charge in [-0.25, -0.2) is 0 Å². The molecule has 0 saturated heterocycles. The molecule has 0 fully saturated rings. The van der Waals surface area contributed by atoms with E-state index < -0.39 is 11.5 Å². The van der Waals surface area contributed by atoms with Gasteiger partial charge in [-0.05, 0) is 44.0 Å². The Morgan fingerprint density at radius 3 is 2.52 bits per heavy atom. The van der Waals surface area contributed by atoms with Crippen molar-refractivity contribution in [3.8, 4) is 0 Å². The van der Waals surface area contributed by atoms with Crippen LogP contribution in [0.5, 0.6) is 0 Å². The molecule has 1 heterocycles. The maximum absolute atomic E-state index is 12.7. The maximum Gasteiger partial charge on any atom is 0.305 e. The first kappa shape index (κ1) is 15.5. The molecule has 0 aliphatic carbocycles. The van der Waals surface area contributed by atoms with Gasteiger partial charge < -0.3 is 14.7 Å². The Labute approximate surface area is 124 Å². The van der Waals surface area contributed by atoms with Crippen molar-refractivity contribution in [1.82, 2.24) is 4.90 Å². The van der Waals surface area contributed by atoms with E-state index in [-0.39, 0.29) is 18.9 Å². The van der Waals surface area contributed by atoms with E-state index in [4.69, 9.17) is 9.84 Å². The van der Waals surface area contributed by atoms with Gasteiger partial charge in [-0.1, -0.05) is 6.07 Å². The van der Waals surface area contributed by atoms with Crippen molar-refractivity contribution in [1.29, 1.82) is 0 Å². The fourth-order valence-corrected chi connectivity index (χ4v) is 2.41. The van der Waals surface area contributed by atoms with Gasteiger partial charge >= 0.3 is 5.97 Å². The predicted molar refractivity (Wildman–Crippen MR) is 78.0 cm³/mol. The van der Waals surface area contributed by atoms with Crippen LogP contribution >= 0.6 is 0 Å². The number of ether oxygens (including phenoxy) is 1. The second kappa shape index (κ2) is 5.85. The Balaban J connectivity index is 2.23. The molecule has 2 rings (SSSR count). The molecule has 0 bridgehead atoms. The zero-order valence-electron chi connectivity index (χ0n) is 12.7. The van der Waals surface area contributed by atoms with E-state index in [9.17, 15) is 9.59 Å². The summed E-state index contributed by atoms with van der Waals surface area (Å²) in [4.78, 5) is 25.1. The summed E-state index contributed by atoms with van der Waals surface area (Å²) in [6, 6.07) is 5.55. The number of rotatable bonds is 4. The van der Waals surface area contributed by atoms with Crippen molar-refractivity contribution in [3.05, 3.63) is 34.9 Å². The number of carboxylic acid groups (broad SMARTS) is 1. The predicted octanol–water partition coefficient (Wildman–Crippen LogP) is 2.43. The number of aliphatic carboxylic acids is 1. The van der Waals surface area contributed by atoms with Crippen LogP contribution in [0.1, 0.15) is 48.7 Å². The van der Waals surface area contributed by atoms with E-state index in [1.165, 1.54) is 0 Å². The summed E-state index contributed by atoms with van der Waals surface area (Å²) in [5.41, 5.74) is 2.30. The molecule has 0 aromatic heterocycles. The van der Waals surface area contributed by atoms with Crippen molar-refractivity contribution in [3.63, 3.8) is 0 Å². The Morgan fingerprint density at radius 1 is 1.24 bits per heavy atom. The first-order valence-corrected chi connectivity index (χ1v) is 7.02. The van der Waals surface area contributed by atoms with Crippen LogP contribution in [0.3, 0.4) is 0 Å². The van der Waals surface area contributed by atoms with Crippen LogP contribution in [0.15, 0.2) is 18.2 Å². The van der Waals surface area contributed by atoms with Gasteiger partial charge in [0.25, 0.3) is 5.91 Å². The zero-order valence-corrected chi connectivity index (χ0v) is 12.7. The average Bonchev–Trinajstić information content (AvgIpc) is 2.83. The summed E-state index contributed by atoms with van der Waals surface area (Å²) in [5.74, 6) is -1.04. The topological polar surface area (TPSA) is 66.8 Å². The van der Waals surface area contributed by atoms with Crippen LogP contribution in [-0.2, 0) is 22.7 Å². The van der Waals surface area contributed by atoms with E-state index in [1.54, 1.807) is 11.0 Å². The van der Waals surface area contributed by atoms with Crippen LogP contribution in [0.25, 0.3) is 0 Å². The molecule has 5 nitrogen and oxygen atoms in total. The van der Waals surface area contributed by atoms with Crippen molar-refractivity contribution < 1.29 is 19.4 Å². The summed E-state index contributed by atoms with van der Waals surface area (Å²) in [7, 11) is 0. The fourth-order valence-electron chi connectivity index (χ4n) is 2.41. The number of hydrogen-bond donors (Lipinski definition) is 1. The van der Waals surface area contributed by atoms with E-state index in [2.05, 4.69) is 0 Å². The lowest BCUT2D eigenvalue weighted by molar-refractivity contribution is -0.137. The molecular weight excluding hydrogens is 270 g/mol. The Kier molecular flexibility index (Phi) is 4.32. The van der Waals surface area contributed by atoms with Crippen molar-refractivity contribution in [2.75, 3.05) is 6.54 Å². The zero-order chi connectivity index (χ0) is 15.6. The average molecular weight is 291 g/mol. The maximum atomic E-state index is 12.7. The second-order valence-corrected chi connectivity index (χ2v) is 6.25. The van der Waals surface area contributed by atoms with E-state index >= 15 is 0 Å². The van der Waals surface area contributed by atoms with Gasteiger partial charge in [-0.2, -0.15) is 0 Å². The number of fused-ring (bicyclic) bond motifs is 1. The van der Waals surface area contributed by atoms with Crippen LogP contribution in [0, 0.1) is 0 Å². The number of carbonyl (C=O) groups excluding carboxylic acids is 1. The number of hydrogen-bond acceptors (Lipinski definition) is 3. The molecule has 0 spiro atoms. The number of amides is 1. The van der Waals surface area contributed by atoms with Crippen molar-refractivity contribution >= 4 is 11.9 Å². The molecule has 114 valence electrons. The van der Waals surface area contributed by atoms with Crippen LogP contribution in [0.2, 0.25) is 0 Å². The van der Waals surface area contributed by atoms with E-state index in [1.807, 2.05) is 32.9 Å². The molecule has 1 amide bonds. The largest absolute Gasteiger partial charge is 0.481 e. The highest BCUT2D eigenvalue weighted by Crippen LogP contribution is 2.23. The number of benzene rings is 1.